The lowest BCUT2D eigenvalue weighted by molar-refractivity contribution is 0.123. The van der Waals surface area contributed by atoms with Crippen molar-refractivity contribution in [3.05, 3.63) is 102 Å². The average Bonchev–Trinajstić information content (AvgIpc) is 2.63. The van der Waals surface area contributed by atoms with Crippen LogP contribution in [0.15, 0.2) is 84.9 Å². The van der Waals surface area contributed by atoms with Crippen molar-refractivity contribution in [2.45, 2.75) is 12.1 Å². The Hall–Kier alpha value is -2.65. The summed E-state index contributed by atoms with van der Waals surface area (Å²) in [7, 11) is 0. The molecular formula is C22H21FN2. The molecule has 0 amide bonds. The minimum atomic E-state index is -0.200. The van der Waals surface area contributed by atoms with Crippen molar-refractivity contribution in [2.24, 2.45) is 0 Å². The summed E-state index contributed by atoms with van der Waals surface area (Å²) in [6, 6.07) is 28.5. The molecule has 0 aromatic heterocycles. The van der Waals surface area contributed by atoms with Crippen molar-refractivity contribution >= 4 is 5.69 Å². The van der Waals surface area contributed by atoms with Crippen LogP contribution in [-0.4, -0.2) is 24.0 Å². The van der Waals surface area contributed by atoms with Crippen molar-refractivity contribution in [1.82, 2.24) is 4.90 Å². The molecule has 4 rings (SSSR count). The number of likely N-dealkylation sites (tertiary alicyclic amines) is 1. The van der Waals surface area contributed by atoms with E-state index in [1.807, 2.05) is 0 Å². The lowest BCUT2D eigenvalue weighted by Gasteiger charge is -2.45. The van der Waals surface area contributed by atoms with Gasteiger partial charge in [-0.2, -0.15) is 0 Å². The van der Waals surface area contributed by atoms with Crippen LogP contribution < -0.4 is 5.32 Å². The molecule has 1 saturated heterocycles. The zero-order valence-electron chi connectivity index (χ0n) is 14.0. The highest BCUT2D eigenvalue weighted by molar-refractivity contribution is 5.45. The largest absolute Gasteiger partial charge is 0.380 e. The first-order chi connectivity index (χ1) is 12.3. The fourth-order valence-electron chi connectivity index (χ4n) is 3.48. The summed E-state index contributed by atoms with van der Waals surface area (Å²) < 4.78 is 13.0. The van der Waals surface area contributed by atoms with Gasteiger partial charge >= 0.3 is 0 Å². The molecule has 0 aliphatic carbocycles. The van der Waals surface area contributed by atoms with E-state index in [2.05, 4.69) is 70.9 Å². The Morgan fingerprint density at radius 1 is 0.760 bits per heavy atom. The lowest BCUT2D eigenvalue weighted by atomic mass is 9.93. The fraction of sp³-hybridized carbons (Fsp3) is 0.182. The van der Waals surface area contributed by atoms with Crippen LogP contribution in [0.4, 0.5) is 10.1 Å². The summed E-state index contributed by atoms with van der Waals surface area (Å²) in [5, 5.41) is 3.49. The molecule has 25 heavy (non-hydrogen) atoms. The van der Waals surface area contributed by atoms with Gasteiger partial charge in [0.25, 0.3) is 0 Å². The molecular weight excluding hydrogens is 311 g/mol. The van der Waals surface area contributed by atoms with Gasteiger partial charge < -0.3 is 5.32 Å². The second-order valence-electron chi connectivity index (χ2n) is 6.53. The van der Waals surface area contributed by atoms with Crippen molar-refractivity contribution in [3.63, 3.8) is 0 Å². The van der Waals surface area contributed by atoms with E-state index in [0.717, 1.165) is 18.8 Å². The topological polar surface area (TPSA) is 15.3 Å². The van der Waals surface area contributed by atoms with E-state index in [9.17, 15) is 4.39 Å². The maximum Gasteiger partial charge on any atom is 0.123 e. The minimum absolute atomic E-state index is 0.200. The van der Waals surface area contributed by atoms with E-state index in [4.69, 9.17) is 0 Å². The SMILES string of the molecule is Fc1ccc(NC2CN(C(c3ccccc3)c3ccccc3)C2)cc1. The molecule has 1 heterocycles. The summed E-state index contributed by atoms with van der Waals surface area (Å²) >= 11 is 0. The number of hydrogen-bond acceptors (Lipinski definition) is 2. The number of anilines is 1. The standard InChI is InChI=1S/C22H21FN2/c23-19-11-13-20(14-12-19)24-21-15-25(16-21)22(17-7-3-1-4-8-17)18-9-5-2-6-10-18/h1-14,21-22,24H,15-16H2. The highest BCUT2D eigenvalue weighted by Gasteiger charge is 2.33. The third kappa shape index (κ3) is 3.57. The van der Waals surface area contributed by atoms with Crippen LogP contribution in [-0.2, 0) is 0 Å². The third-order valence-electron chi connectivity index (χ3n) is 4.72. The van der Waals surface area contributed by atoms with Crippen molar-refractivity contribution < 1.29 is 4.39 Å². The van der Waals surface area contributed by atoms with E-state index in [0.29, 0.717) is 6.04 Å². The first kappa shape index (κ1) is 15.9. The highest BCUT2D eigenvalue weighted by atomic mass is 19.1. The number of hydrogen-bond donors (Lipinski definition) is 1. The van der Waals surface area contributed by atoms with Gasteiger partial charge in [0.15, 0.2) is 0 Å². The molecule has 0 spiro atoms. The van der Waals surface area contributed by atoms with Crippen LogP contribution >= 0.6 is 0 Å². The molecule has 2 nitrogen and oxygen atoms in total. The van der Waals surface area contributed by atoms with Gasteiger partial charge in [0.1, 0.15) is 5.82 Å². The maximum atomic E-state index is 13.0. The van der Waals surface area contributed by atoms with E-state index in [1.165, 1.54) is 23.3 Å². The summed E-state index contributed by atoms with van der Waals surface area (Å²) in [6.45, 7) is 1.93. The monoisotopic (exact) mass is 332 g/mol. The normalized spacial score (nSPS) is 15.1. The van der Waals surface area contributed by atoms with E-state index in [1.54, 1.807) is 12.1 Å². The first-order valence-corrected chi connectivity index (χ1v) is 8.65. The summed E-state index contributed by atoms with van der Waals surface area (Å²) in [5.74, 6) is -0.200. The van der Waals surface area contributed by atoms with Crippen LogP contribution in [0.2, 0.25) is 0 Å². The van der Waals surface area contributed by atoms with Gasteiger partial charge in [-0.3, -0.25) is 4.90 Å². The van der Waals surface area contributed by atoms with Gasteiger partial charge in [-0.1, -0.05) is 60.7 Å². The number of benzene rings is 3. The predicted molar refractivity (Wildman–Crippen MR) is 100 cm³/mol. The predicted octanol–water partition coefficient (Wildman–Crippen LogP) is 4.71. The number of nitrogens with one attached hydrogen (secondary N) is 1. The maximum absolute atomic E-state index is 13.0. The Morgan fingerprint density at radius 3 is 1.80 bits per heavy atom. The molecule has 0 unspecified atom stereocenters. The Labute approximate surface area is 147 Å². The molecule has 0 atom stereocenters. The third-order valence-corrected chi connectivity index (χ3v) is 4.72. The quantitative estimate of drug-likeness (QED) is 0.728. The van der Waals surface area contributed by atoms with Crippen LogP contribution in [0.25, 0.3) is 0 Å². The summed E-state index contributed by atoms with van der Waals surface area (Å²) in [5.41, 5.74) is 3.60. The van der Waals surface area contributed by atoms with Crippen LogP contribution in [0.1, 0.15) is 17.2 Å². The average molecular weight is 332 g/mol. The van der Waals surface area contributed by atoms with E-state index in [-0.39, 0.29) is 11.9 Å². The molecule has 126 valence electrons. The Kier molecular flexibility index (Phi) is 4.49. The smallest absolute Gasteiger partial charge is 0.123 e. The number of nitrogens with zero attached hydrogens (tertiary/aromatic N) is 1. The fourth-order valence-corrected chi connectivity index (χ4v) is 3.48. The molecule has 1 N–H and O–H groups in total. The van der Waals surface area contributed by atoms with E-state index < -0.39 is 0 Å². The van der Waals surface area contributed by atoms with Gasteiger partial charge in [-0.05, 0) is 35.4 Å². The van der Waals surface area contributed by atoms with Crippen LogP contribution in [0, 0.1) is 5.82 Å². The molecule has 0 bridgehead atoms. The van der Waals surface area contributed by atoms with Gasteiger partial charge in [0.2, 0.25) is 0 Å². The number of rotatable bonds is 5. The van der Waals surface area contributed by atoms with Crippen molar-refractivity contribution in [2.75, 3.05) is 18.4 Å². The van der Waals surface area contributed by atoms with Crippen molar-refractivity contribution in [1.29, 1.82) is 0 Å². The van der Waals surface area contributed by atoms with E-state index >= 15 is 0 Å². The van der Waals surface area contributed by atoms with Gasteiger partial charge in [-0.25, -0.2) is 4.39 Å². The summed E-state index contributed by atoms with van der Waals surface area (Å²) in [4.78, 5) is 2.48. The van der Waals surface area contributed by atoms with Crippen LogP contribution in [0.3, 0.4) is 0 Å². The molecule has 0 saturated carbocycles. The van der Waals surface area contributed by atoms with Gasteiger partial charge in [-0.15, -0.1) is 0 Å². The highest BCUT2D eigenvalue weighted by Crippen LogP contribution is 2.32. The van der Waals surface area contributed by atoms with Crippen LogP contribution in [0.5, 0.6) is 0 Å². The second kappa shape index (κ2) is 7.08. The molecule has 3 aromatic rings. The Balaban J connectivity index is 1.48. The van der Waals surface area contributed by atoms with Crippen molar-refractivity contribution in [3.8, 4) is 0 Å². The first-order valence-electron chi connectivity index (χ1n) is 8.65. The zero-order valence-corrected chi connectivity index (χ0v) is 14.0. The molecule has 1 fully saturated rings. The second-order valence-corrected chi connectivity index (χ2v) is 6.53. The zero-order chi connectivity index (χ0) is 17.1. The lowest BCUT2D eigenvalue weighted by Crippen LogP contribution is -2.55. The Bertz CT molecular complexity index is 757. The molecule has 0 radical (unpaired) electrons. The molecule has 3 aromatic carbocycles. The molecule has 1 aliphatic heterocycles. The van der Waals surface area contributed by atoms with Gasteiger partial charge in [0.05, 0.1) is 12.1 Å². The Morgan fingerprint density at radius 2 is 1.28 bits per heavy atom. The minimum Gasteiger partial charge on any atom is -0.380 e. The number of halogens is 1. The molecule has 3 heteroatoms. The van der Waals surface area contributed by atoms with Gasteiger partial charge in [0, 0.05) is 18.8 Å². The summed E-state index contributed by atoms with van der Waals surface area (Å²) in [6.07, 6.45) is 0. The molecule has 1 aliphatic rings.